The molecule has 0 saturated carbocycles. The Labute approximate surface area is 121 Å². The van der Waals surface area contributed by atoms with Gasteiger partial charge < -0.3 is 11.1 Å². The minimum absolute atomic E-state index is 0.319. The van der Waals surface area contributed by atoms with Crippen LogP contribution < -0.4 is 11.1 Å². The van der Waals surface area contributed by atoms with Crippen LogP contribution in [0.1, 0.15) is 28.7 Å². The number of nitrogen functional groups attached to an aromatic ring is 1. The molecule has 0 fully saturated rings. The number of carbonyl (C=O) groups is 1. The average Bonchev–Trinajstić information content (AvgIpc) is 2.68. The number of carbonyl (C=O) groups excluding carboxylic acids is 1. The van der Waals surface area contributed by atoms with Crippen LogP contribution in [0.25, 0.3) is 0 Å². The van der Waals surface area contributed by atoms with Crippen LogP contribution >= 0.6 is 11.6 Å². The molecular formula is C13H16ClN5O. The SMILES string of the molecule is CCc1nn(C)c(C(=O)Nc2cnc(Cl)c(C)c2)c1N. The van der Waals surface area contributed by atoms with Gasteiger partial charge in [0.05, 0.1) is 23.3 Å². The normalized spacial score (nSPS) is 10.6. The van der Waals surface area contributed by atoms with Crippen LogP contribution in [0.5, 0.6) is 0 Å². The molecule has 20 heavy (non-hydrogen) atoms. The highest BCUT2D eigenvalue weighted by Gasteiger charge is 2.19. The number of aromatic nitrogens is 3. The maximum absolute atomic E-state index is 12.3. The first-order valence-electron chi connectivity index (χ1n) is 6.18. The van der Waals surface area contributed by atoms with Crippen LogP contribution in [-0.4, -0.2) is 20.7 Å². The lowest BCUT2D eigenvalue weighted by Crippen LogP contribution is -2.17. The van der Waals surface area contributed by atoms with E-state index in [4.69, 9.17) is 17.3 Å². The van der Waals surface area contributed by atoms with Crippen molar-refractivity contribution in [1.29, 1.82) is 0 Å². The van der Waals surface area contributed by atoms with E-state index in [1.807, 2.05) is 13.8 Å². The summed E-state index contributed by atoms with van der Waals surface area (Å²) < 4.78 is 1.49. The molecule has 1 amide bonds. The molecule has 7 heteroatoms. The molecule has 0 bridgehead atoms. The fraction of sp³-hybridized carbons (Fsp3) is 0.308. The Kier molecular flexibility index (Phi) is 3.94. The Morgan fingerprint density at radius 2 is 2.25 bits per heavy atom. The van der Waals surface area contributed by atoms with Gasteiger partial charge in [-0.15, -0.1) is 0 Å². The summed E-state index contributed by atoms with van der Waals surface area (Å²) in [7, 11) is 1.69. The number of amides is 1. The number of nitrogens with zero attached hydrogens (tertiary/aromatic N) is 3. The number of hydrogen-bond donors (Lipinski definition) is 2. The third-order valence-corrected chi connectivity index (χ3v) is 3.38. The minimum atomic E-state index is -0.319. The Bertz CT molecular complexity index is 665. The van der Waals surface area contributed by atoms with Crippen molar-refractivity contribution in [3.63, 3.8) is 0 Å². The number of aryl methyl sites for hydroxylation is 3. The first kappa shape index (κ1) is 14.3. The van der Waals surface area contributed by atoms with Crippen LogP contribution in [0.2, 0.25) is 5.15 Å². The van der Waals surface area contributed by atoms with Gasteiger partial charge in [0.1, 0.15) is 10.8 Å². The maximum atomic E-state index is 12.3. The van der Waals surface area contributed by atoms with Crippen molar-refractivity contribution >= 4 is 28.9 Å². The van der Waals surface area contributed by atoms with Gasteiger partial charge >= 0.3 is 0 Å². The summed E-state index contributed by atoms with van der Waals surface area (Å²) in [5.74, 6) is -0.319. The smallest absolute Gasteiger partial charge is 0.276 e. The molecule has 6 nitrogen and oxygen atoms in total. The molecule has 0 aliphatic heterocycles. The van der Waals surface area contributed by atoms with Crippen molar-refractivity contribution in [3.05, 3.63) is 34.4 Å². The number of pyridine rings is 1. The highest BCUT2D eigenvalue weighted by molar-refractivity contribution is 6.30. The molecule has 0 saturated heterocycles. The number of anilines is 2. The summed E-state index contributed by atoms with van der Waals surface area (Å²) in [5, 5.41) is 7.37. The van der Waals surface area contributed by atoms with E-state index < -0.39 is 0 Å². The lowest BCUT2D eigenvalue weighted by atomic mass is 10.2. The second-order valence-electron chi connectivity index (χ2n) is 4.47. The fourth-order valence-electron chi connectivity index (χ4n) is 1.94. The largest absolute Gasteiger partial charge is 0.395 e. The van der Waals surface area contributed by atoms with E-state index in [9.17, 15) is 4.79 Å². The van der Waals surface area contributed by atoms with E-state index >= 15 is 0 Å². The Morgan fingerprint density at radius 1 is 1.55 bits per heavy atom. The van der Waals surface area contributed by atoms with Crippen molar-refractivity contribution in [3.8, 4) is 0 Å². The molecule has 3 N–H and O–H groups in total. The Hall–Kier alpha value is -2.08. The molecule has 0 aromatic carbocycles. The molecule has 0 spiro atoms. The number of nitrogens with one attached hydrogen (secondary N) is 1. The fourth-order valence-corrected chi connectivity index (χ4v) is 2.05. The van der Waals surface area contributed by atoms with Crippen molar-refractivity contribution in [2.24, 2.45) is 7.05 Å². The molecule has 0 aliphatic carbocycles. The van der Waals surface area contributed by atoms with Gasteiger partial charge in [0.15, 0.2) is 0 Å². The maximum Gasteiger partial charge on any atom is 0.276 e. The van der Waals surface area contributed by atoms with Gasteiger partial charge in [0.25, 0.3) is 5.91 Å². The van der Waals surface area contributed by atoms with E-state index in [-0.39, 0.29) is 5.91 Å². The summed E-state index contributed by atoms with van der Waals surface area (Å²) in [6, 6.07) is 1.75. The van der Waals surface area contributed by atoms with Crippen LogP contribution in [0.4, 0.5) is 11.4 Å². The first-order chi connectivity index (χ1) is 9.43. The van der Waals surface area contributed by atoms with Gasteiger partial charge in [-0.05, 0) is 25.0 Å². The molecule has 2 rings (SSSR count). The van der Waals surface area contributed by atoms with Gasteiger partial charge in [0, 0.05) is 7.05 Å². The van der Waals surface area contributed by atoms with Gasteiger partial charge in [0.2, 0.25) is 0 Å². The molecule has 2 aromatic rings. The standard InChI is InChI=1S/C13H16ClN5O/c1-4-9-10(15)11(19(3)18-9)13(20)17-8-5-7(2)12(14)16-6-8/h5-6H,4,15H2,1-3H3,(H,17,20). The summed E-state index contributed by atoms with van der Waals surface area (Å²) >= 11 is 5.85. The third-order valence-electron chi connectivity index (χ3n) is 2.98. The molecule has 0 atom stereocenters. The highest BCUT2D eigenvalue weighted by Crippen LogP contribution is 2.20. The summed E-state index contributed by atoms with van der Waals surface area (Å²) in [5.41, 5.74) is 8.76. The van der Waals surface area contributed by atoms with E-state index in [1.54, 1.807) is 13.1 Å². The zero-order valence-electron chi connectivity index (χ0n) is 11.6. The zero-order valence-corrected chi connectivity index (χ0v) is 12.3. The molecule has 2 heterocycles. The predicted molar refractivity (Wildman–Crippen MR) is 78.9 cm³/mol. The highest BCUT2D eigenvalue weighted by atomic mass is 35.5. The van der Waals surface area contributed by atoms with E-state index in [0.717, 1.165) is 5.56 Å². The van der Waals surface area contributed by atoms with Crippen LogP contribution in [-0.2, 0) is 13.5 Å². The van der Waals surface area contributed by atoms with Crippen molar-refractivity contribution < 1.29 is 4.79 Å². The van der Waals surface area contributed by atoms with Crippen LogP contribution in [0.3, 0.4) is 0 Å². The third kappa shape index (κ3) is 2.60. The zero-order chi connectivity index (χ0) is 14.9. The predicted octanol–water partition coefficient (Wildman–Crippen LogP) is 2.17. The number of rotatable bonds is 3. The van der Waals surface area contributed by atoms with Crippen molar-refractivity contribution in [1.82, 2.24) is 14.8 Å². The lowest BCUT2D eigenvalue weighted by Gasteiger charge is -2.07. The average molecular weight is 294 g/mol. The lowest BCUT2D eigenvalue weighted by molar-refractivity contribution is 0.101. The number of nitrogens with two attached hydrogens (primary N) is 1. The molecule has 2 aromatic heterocycles. The Balaban J connectivity index is 2.28. The first-order valence-corrected chi connectivity index (χ1v) is 6.56. The number of hydrogen-bond acceptors (Lipinski definition) is 4. The molecule has 106 valence electrons. The molecule has 0 aliphatic rings. The van der Waals surface area contributed by atoms with Crippen molar-refractivity contribution in [2.75, 3.05) is 11.1 Å². The molecule has 0 unspecified atom stereocenters. The second kappa shape index (κ2) is 5.50. The van der Waals surface area contributed by atoms with Crippen LogP contribution in [0, 0.1) is 6.92 Å². The van der Waals surface area contributed by atoms with E-state index in [1.165, 1.54) is 10.9 Å². The molecule has 0 radical (unpaired) electrons. The van der Waals surface area contributed by atoms with E-state index in [2.05, 4.69) is 15.4 Å². The minimum Gasteiger partial charge on any atom is -0.395 e. The Morgan fingerprint density at radius 3 is 2.80 bits per heavy atom. The van der Waals surface area contributed by atoms with Gasteiger partial charge in [-0.3, -0.25) is 9.48 Å². The summed E-state index contributed by atoms with van der Waals surface area (Å²) in [6.45, 7) is 3.76. The molecular weight excluding hydrogens is 278 g/mol. The summed E-state index contributed by atoms with van der Waals surface area (Å²) in [6.07, 6.45) is 2.18. The van der Waals surface area contributed by atoms with Gasteiger partial charge in [-0.1, -0.05) is 18.5 Å². The van der Waals surface area contributed by atoms with Gasteiger partial charge in [-0.25, -0.2) is 4.98 Å². The van der Waals surface area contributed by atoms with E-state index in [0.29, 0.717) is 34.3 Å². The second-order valence-corrected chi connectivity index (χ2v) is 4.83. The quantitative estimate of drug-likeness (QED) is 0.849. The summed E-state index contributed by atoms with van der Waals surface area (Å²) in [4.78, 5) is 16.3. The monoisotopic (exact) mass is 293 g/mol. The number of halogens is 1. The topological polar surface area (TPSA) is 85.8 Å². The van der Waals surface area contributed by atoms with Gasteiger partial charge in [-0.2, -0.15) is 5.10 Å². The van der Waals surface area contributed by atoms with Crippen LogP contribution in [0.15, 0.2) is 12.3 Å². The van der Waals surface area contributed by atoms with Crippen molar-refractivity contribution in [2.45, 2.75) is 20.3 Å².